The van der Waals surface area contributed by atoms with Gasteiger partial charge in [0.25, 0.3) is 0 Å². The van der Waals surface area contributed by atoms with E-state index in [-0.39, 0.29) is 0 Å². The minimum atomic E-state index is 0.301. The number of halogens is 1. The molecular formula is C16H16BBr. The van der Waals surface area contributed by atoms with Gasteiger partial charge in [-0.25, -0.2) is 0 Å². The Morgan fingerprint density at radius 1 is 1.17 bits per heavy atom. The van der Waals surface area contributed by atoms with Gasteiger partial charge in [0.1, 0.15) is 0 Å². The van der Waals surface area contributed by atoms with Crippen LogP contribution in [0.1, 0.15) is 37.2 Å². The molecule has 90 valence electrons. The summed E-state index contributed by atoms with van der Waals surface area (Å²) in [4.78, 5) is 0. The van der Waals surface area contributed by atoms with Crippen LogP contribution in [0, 0.1) is 0 Å². The van der Waals surface area contributed by atoms with E-state index in [9.17, 15) is 0 Å². The van der Waals surface area contributed by atoms with E-state index >= 15 is 0 Å². The highest BCUT2D eigenvalue weighted by atomic mass is 79.9. The molecule has 0 aromatic heterocycles. The minimum absolute atomic E-state index is 0.301. The molecule has 1 aromatic rings. The summed E-state index contributed by atoms with van der Waals surface area (Å²) in [6.45, 7) is 0. The largest absolute Gasteiger partial charge is 0.0807 e. The van der Waals surface area contributed by atoms with Crippen molar-refractivity contribution in [3.05, 3.63) is 57.6 Å². The van der Waals surface area contributed by atoms with Gasteiger partial charge in [0.05, 0.1) is 7.85 Å². The molecule has 1 fully saturated rings. The maximum atomic E-state index is 6.23. The third-order valence-corrected chi connectivity index (χ3v) is 4.43. The SMILES string of the molecule is [B][C@H]1CC2=CCCC=C2[C@@H](c2cccc(Br)c2)C1. The average Bonchev–Trinajstić information content (AvgIpc) is 2.37. The molecule has 0 unspecified atom stereocenters. The number of fused-ring (bicyclic) bond motifs is 1. The van der Waals surface area contributed by atoms with Crippen molar-refractivity contribution >= 4 is 23.8 Å². The predicted octanol–water partition coefficient (Wildman–Crippen LogP) is 4.93. The van der Waals surface area contributed by atoms with Gasteiger partial charge in [0.15, 0.2) is 0 Å². The molecule has 0 N–H and O–H groups in total. The predicted molar refractivity (Wildman–Crippen MR) is 81.0 cm³/mol. The molecule has 0 heterocycles. The number of hydrogen-bond donors (Lipinski definition) is 0. The third kappa shape index (κ3) is 2.35. The Bertz CT molecular complexity index is 516. The maximum absolute atomic E-state index is 6.23. The summed E-state index contributed by atoms with van der Waals surface area (Å²) in [6, 6.07) is 8.65. The van der Waals surface area contributed by atoms with E-state index in [1.54, 1.807) is 0 Å². The quantitative estimate of drug-likeness (QED) is 0.645. The average molecular weight is 299 g/mol. The number of rotatable bonds is 1. The normalized spacial score (nSPS) is 27.2. The molecule has 0 amide bonds. The van der Waals surface area contributed by atoms with E-state index in [0.29, 0.717) is 11.7 Å². The van der Waals surface area contributed by atoms with Crippen LogP contribution in [0.2, 0.25) is 5.82 Å². The van der Waals surface area contributed by atoms with Crippen molar-refractivity contribution in [1.29, 1.82) is 0 Å². The number of benzene rings is 1. The fraction of sp³-hybridized carbons (Fsp3) is 0.375. The highest BCUT2D eigenvalue weighted by Crippen LogP contribution is 2.46. The van der Waals surface area contributed by atoms with Crippen molar-refractivity contribution in [2.45, 2.75) is 37.4 Å². The molecule has 2 aliphatic rings. The van der Waals surface area contributed by atoms with Gasteiger partial charge >= 0.3 is 0 Å². The van der Waals surface area contributed by atoms with Crippen LogP contribution >= 0.6 is 15.9 Å². The van der Waals surface area contributed by atoms with Gasteiger partial charge in [-0.05, 0) is 54.5 Å². The van der Waals surface area contributed by atoms with Crippen molar-refractivity contribution in [1.82, 2.24) is 0 Å². The summed E-state index contributed by atoms with van der Waals surface area (Å²) >= 11 is 3.57. The first-order chi connectivity index (χ1) is 8.74. The monoisotopic (exact) mass is 298 g/mol. The Labute approximate surface area is 119 Å². The first-order valence-electron chi connectivity index (χ1n) is 6.64. The van der Waals surface area contributed by atoms with Crippen LogP contribution in [-0.4, -0.2) is 7.85 Å². The zero-order valence-electron chi connectivity index (χ0n) is 10.4. The lowest BCUT2D eigenvalue weighted by Gasteiger charge is -2.34. The molecule has 1 saturated carbocycles. The van der Waals surface area contributed by atoms with Crippen molar-refractivity contribution in [3.63, 3.8) is 0 Å². The van der Waals surface area contributed by atoms with Gasteiger partial charge in [0, 0.05) is 10.4 Å². The standard InChI is InChI=1S/C16H16BBr/c17-13-8-11-4-1-2-7-15(11)16(10-13)12-5-3-6-14(18)9-12/h3-7,9,13,16H,1-2,8,10H2/t13-,16+/m0/s1. The van der Waals surface area contributed by atoms with Crippen LogP contribution in [0.15, 0.2) is 52.0 Å². The maximum Gasteiger partial charge on any atom is 0.0704 e. The summed E-state index contributed by atoms with van der Waals surface area (Å²) < 4.78 is 1.15. The Hall–Kier alpha value is -0.755. The van der Waals surface area contributed by atoms with Crippen LogP contribution in [0.5, 0.6) is 0 Å². The summed E-state index contributed by atoms with van der Waals surface area (Å²) in [6.07, 6.45) is 9.29. The second kappa shape index (κ2) is 5.09. The summed E-state index contributed by atoms with van der Waals surface area (Å²) in [5, 5.41) is 0. The minimum Gasteiger partial charge on any atom is -0.0807 e. The smallest absolute Gasteiger partial charge is 0.0704 e. The molecule has 0 aliphatic heterocycles. The van der Waals surface area contributed by atoms with E-state index in [2.05, 4.69) is 52.3 Å². The van der Waals surface area contributed by atoms with Gasteiger partial charge in [-0.2, -0.15) is 0 Å². The van der Waals surface area contributed by atoms with Crippen molar-refractivity contribution < 1.29 is 0 Å². The van der Waals surface area contributed by atoms with Gasteiger partial charge in [0.2, 0.25) is 0 Å². The van der Waals surface area contributed by atoms with Gasteiger partial charge in [-0.1, -0.05) is 46.0 Å². The first kappa shape index (κ1) is 12.3. The van der Waals surface area contributed by atoms with Crippen molar-refractivity contribution in [2.24, 2.45) is 0 Å². The van der Waals surface area contributed by atoms with Gasteiger partial charge < -0.3 is 0 Å². The van der Waals surface area contributed by atoms with E-state index in [4.69, 9.17) is 7.85 Å². The first-order valence-corrected chi connectivity index (χ1v) is 7.44. The van der Waals surface area contributed by atoms with Crippen molar-refractivity contribution in [2.75, 3.05) is 0 Å². The van der Waals surface area contributed by atoms with Crippen LogP contribution < -0.4 is 0 Å². The fourth-order valence-electron chi connectivity index (χ4n) is 3.15. The third-order valence-electron chi connectivity index (χ3n) is 3.94. The van der Waals surface area contributed by atoms with E-state index < -0.39 is 0 Å². The van der Waals surface area contributed by atoms with Gasteiger partial charge in [-0.15, -0.1) is 0 Å². The Morgan fingerprint density at radius 3 is 2.83 bits per heavy atom. The molecule has 2 atom stereocenters. The molecule has 0 bridgehead atoms. The molecule has 0 spiro atoms. The Morgan fingerprint density at radius 2 is 2.00 bits per heavy atom. The van der Waals surface area contributed by atoms with Crippen LogP contribution in [0.3, 0.4) is 0 Å². The van der Waals surface area contributed by atoms with E-state index in [0.717, 1.165) is 17.3 Å². The van der Waals surface area contributed by atoms with Gasteiger partial charge in [-0.3, -0.25) is 0 Å². The molecule has 18 heavy (non-hydrogen) atoms. The molecule has 2 heteroatoms. The Kier molecular flexibility index (Phi) is 3.47. The molecule has 3 rings (SSSR count). The fourth-order valence-corrected chi connectivity index (χ4v) is 3.56. The number of hydrogen-bond acceptors (Lipinski definition) is 0. The lowest BCUT2D eigenvalue weighted by molar-refractivity contribution is 0.596. The zero-order chi connectivity index (χ0) is 12.5. The lowest BCUT2D eigenvalue weighted by atomic mass is 9.64. The molecule has 0 nitrogen and oxygen atoms in total. The highest BCUT2D eigenvalue weighted by Gasteiger charge is 2.28. The molecular weight excluding hydrogens is 283 g/mol. The zero-order valence-corrected chi connectivity index (χ0v) is 12.0. The molecule has 2 radical (unpaired) electrons. The summed E-state index contributed by atoms with van der Waals surface area (Å²) in [7, 11) is 6.23. The summed E-state index contributed by atoms with van der Waals surface area (Å²) in [5.41, 5.74) is 4.41. The van der Waals surface area contributed by atoms with Crippen LogP contribution in [0.4, 0.5) is 0 Å². The second-order valence-corrected chi connectivity index (χ2v) is 6.19. The molecule has 1 aromatic carbocycles. The highest BCUT2D eigenvalue weighted by molar-refractivity contribution is 9.10. The molecule has 2 aliphatic carbocycles. The summed E-state index contributed by atoms with van der Waals surface area (Å²) in [5.74, 6) is 0.785. The topological polar surface area (TPSA) is 0 Å². The number of allylic oxidation sites excluding steroid dienone is 4. The van der Waals surface area contributed by atoms with E-state index in [1.165, 1.54) is 29.6 Å². The second-order valence-electron chi connectivity index (χ2n) is 5.27. The van der Waals surface area contributed by atoms with Crippen LogP contribution in [0.25, 0.3) is 0 Å². The van der Waals surface area contributed by atoms with E-state index in [1.807, 2.05) is 0 Å². The molecule has 0 saturated heterocycles. The lowest BCUT2D eigenvalue weighted by Crippen LogP contribution is -2.17. The Balaban J connectivity index is 1.99. The van der Waals surface area contributed by atoms with Crippen molar-refractivity contribution in [3.8, 4) is 0 Å². The van der Waals surface area contributed by atoms with Crippen LogP contribution in [-0.2, 0) is 0 Å².